The van der Waals surface area contributed by atoms with Gasteiger partial charge < -0.3 is 5.32 Å². The van der Waals surface area contributed by atoms with Crippen LogP contribution in [0.2, 0.25) is 0 Å². The van der Waals surface area contributed by atoms with E-state index in [0.29, 0.717) is 35.2 Å². The Labute approximate surface area is 127 Å². The van der Waals surface area contributed by atoms with Crippen molar-refractivity contribution in [2.45, 2.75) is 12.3 Å². The van der Waals surface area contributed by atoms with Gasteiger partial charge in [0.25, 0.3) is 0 Å². The monoisotopic (exact) mass is 291 g/mol. The number of carbonyl (C=O) groups excluding carboxylic acids is 3. The number of amides is 1. The Morgan fingerprint density at radius 3 is 2.18 bits per heavy atom. The molecule has 4 rings (SSSR count). The Hall–Kier alpha value is -2.75. The van der Waals surface area contributed by atoms with Crippen LogP contribution in [0.15, 0.2) is 42.5 Å². The van der Waals surface area contributed by atoms with Crippen LogP contribution in [0.1, 0.15) is 49.7 Å². The highest BCUT2D eigenvalue weighted by Gasteiger charge is 2.34. The topological polar surface area (TPSA) is 63.2 Å². The quantitative estimate of drug-likeness (QED) is 0.746. The molecular weight excluding hydrogens is 278 g/mol. The number of benzene rings is 2. The highest BCUT2D eigenvalue weighted by molar-refractivity contribution is 6.28. The molecule has 1 atom stereocenters. The normalized spacial score (nSPS) is 19.6. The molecule has 1 saturated heterocycles. The average Bonchev–Trinajstić information content (AvgIpc) is 2.98. The molecule has 4 nitrogen and oxygen atoms in total. The molecule has 1 fully saturated rings. The van der Waals surface area contributed by atoms with Crippen LogP contribution in [0.3, 0.4) is 0 Å². The molecule has 108 valence electrons. The summed E-state index contributed by atoms with van der Waals surface area (Å²) in [6.07, 6.45) is 0.361. The lowest BCUT2D eigenvalue weighted by Gasteiger charge is -2.22. The van der Waals surface area contributed by atoms with Gasteiger partial charge in [-0.15, -0.1) is 0 Å². The van der Waals surface area contributed by atoms with Gasteiger partial charge in [-0.25, -0.2) is 0 Å². The zero-order valence-corrected chi connectivity index (χ0v) is 11.8. The Kier molecular flexibility index (Phi) is 2.73. The van der Waals surface area contributed by atoms with Crippen molar-refractivity contribution in [1.29, 1.82) is 0 Å². The Balaban J connectivity index is 1.92. The van der Waals surface area contributed by atoms with Crippen molar-refractivity contribution >= 4 is 17.5 Å². The second kappa shape index (κ2) is 4.63. The van der Waals surface area contributed by atoms with E-state index < -0.39 is 0 Å². The standard InChI is InChI=1S/C18H13NO3/c20-15-8-10(9-19-15)11-6-3-7-14-16(11)18(22)13-5-2-1-4-12(13)17(14)21/h1-7,10H,8-9H2,(H,19,20). The molecule has 1 aliphatic heterocycles. The van der Waals surface area contributed by atoms with E-state index in [9.17, 15) is 14.4 Å². The maximum Gasteiger partial charge on any atom is 0.220 e. The minimum Gasteiger partial charge on any atom is -0.355 e. The van der Waals surface area contributed by atoms with Crippen LogP contribution >= 0.6 is 0 Å². The molecule has 0 radical (unpaired) electrons. The summed E-state index contributed by atoms with van der Waals surface area (Å²) in [5.74, 6) is -0.313. The first-order valence-corrected chi connectivity index (χ1v) is 7.25. The van der Waals surface area contributed by atoms with Crippen LogP contribution in [-0.2, 0) is 4.79 Å². The summed E-state index contributed by atoms with van der Waals surface area (Å²) in [6.45, 7) is 0.512. The predicted molar refractivity (Wildman–Crippen MR) is 80.1 cm³/mol. The van der Waals surface area contributed by atoms with Crippen molar-refractivity contribution in [3.05, 3.63) is 70.3 Å². The highest BCUT2D eigenvalue weighted by atomic mass is 16.2. The molecule has 2 aromatic rings. The molecule has 1 unspecified atom stereocenters. The van der Waals surface area contributed by atoms with Crippen molar-refractivity contribution in [2.24, 2.45) is 0 Å². The third kappa shape index (κ3) is 1.73. The second-order valence-corrected chi connectivity index (χ2v) is 5.68. The fourth-order valence-corrected chi connectivity index (χ4v) is 3.34. The maximum atomic E-state index is 12.9. The zero-order valence-electron chi connectivity index (χ0n) is 11.8. The summed E-state index contributed by atoms with van der Waals surface area (Å²) in [5.41, 5.74) is 2.61. The van der Waals surface area contributed by atoms with Gasteiger partial charge in [0, 0.05) is 41.1 Å². The van der Waals surface area contributed by atoms with Gasteiger partial charge in [0.15, 0.2) is 11.6 Å². The van der Waals surface area contributed by atoms with Gasteiger partial charge in [0.1, 0.15) is 0 Å². The minimum absolute atomic E-state index is 0.0161. The van der Waals surface area contributed by atoms with Gasteiger partial charge in [-0.05, 0) is 5.56 Å². The number of nitrogens with one attached hydrogen (secondary N) is 1. The summed E-state index contributed by atoms with van der Waals surface area (Å²) in [6, 6.07) is 12.2. The summed E-state index contributed by atoms with van der Waals surface area (Å²) >= 11 is 0. The van der Waals surface area contributed by atoms with Crippen molar-refractivity contribution in [1.82, 2.24) is 5.32 Å². The first-order valence-electron chi connectivity index (χ1n) is 7.25. The van der Waals surface area contributed by atoms with E-state index in [2.05, 4.69) is 5.32 Å². The summed E-state index contributed by atoms with van der Waals surface area (Å²) in [5, 5.41) is 2.78. The smallest absolute Gasteiger partial charge is 0.220 e. The highest BCUT2D eigenvalue weighted by Crippen LogP contribution is 2.34. The van der Waals surface area contributed by atoms with E-state index >= 15 is 0 Å². The van der Waals surface area contributed by atoms with Crippen LogP contribution in [0.5, 0.6) is 0 Å². The molecule has 1 N–H and O–H groups in total. The van der Waals surface area contributed by atoms with Crippen molar-refractivity contribution in [3.63, 3.8) is 0 Å². The number of fused-ring (bicyclic) bond motifs is 2. The van der Waals surface area contributed by atoms with Gasteiger partial charge >= 0.3 is 0 Å². The van der Waals surface area contributed by atoms with Gasteiger partial charge in [-0.2, -0.15) is 0 Å². The third-order valence-electron chi connectivity index (χ3n) is 4.40. The van der Waals surface area contributed by atoms with E-state index in [1.807, 2.05) is 6.07 Å². The largest absolute Gasteiger partial charge is 0.355 e. The van der Waals surface area contributed by atoms with Gasteiger partial charge in [-0.3, -0.25) is 14.4 Å². The SMILES string of the molecule is O=C1CC(c2cccc3c2C(=O)c2ccccc2C3=O)CN1. The molecule has 0 saturated carbocycles. The molecule has 1 amide bonds. The minimum atomic E-state index is -0.125. The number of hydrogen-bond acceptors (Lipinski definition) is 3. The lowest BCUT2D eigenvalue weighted by atomic mass is 9.79. The Bertz CT molecular complexity index is 838. The Morgan fingerprint density at radius 2 is 1.50 bits per heavy atom. The molecule has 1 aliphatic carbocycles. The molecular formula is C18H13NO3. The molecule has 1 heterocycles. The molecule has 2 aromatic carbocycles. The molecule has 0 bridgehead atoms. The number of rotatable bonds is 1. The fourth-order valence-electron chi connectivity index (χ4n) is 3.34. The van der Waals surface area contributed by atoms with E-state index in [4.69, 9.17) is 0 Å². The van der Waals surface area contributed by atoms with Crippen molar-refractivity contribution in [2.75, 3.05) is 6.54 Å². The first kappa shape index (κ1) is 13.0. The summed E-state index contributed by atoms with van der Waals surface area (Å²) < 4.78 is 0. The zero-order chi connectivity index (χ0) is 15.3. The lowest BCUT2D eigenvalue weighted by Crippen LogP contribution is -2.23. The Morgan fingerprint density at radius 1 is 0.818 bits per heavy atom. The van der Waals surface area contributed by atoms with Crippen LogP contribution in [0, 0.1) is 0 Å². The average molecular weight is 291 g/mol. The van der Waals surface area contributed by atoms with E-state index in [-0.39, 0.29) is 23.4 Å². The lowest BCUT2D eigenvalue weighted by molar-refractivity contribution is -0.119. The van der Waals surface area contributed by atoms with Gasteiger partial charge in [-0.1, -0.05) is 42.5 Å². The van der Waals surface area contributed by atoms with Gasteiger partial charge in [0.05, 0.1) is 0 Å². The number of ketones is 2. The molecule has 4 heteroatoms. The van der Waals surface area contributed by atoms with Gasteiger partial charge in [0.2, 0.25) is 5.91 Å². The third-order valence-corrected chi connectivity index (χ3v) is 4.40. The molecule has 0 spiro atoms. The van der Waals surface area contributed by atoms with Crippen molar-refractivity contribution < 1.29 is 14.4 Å². The van der Waals surface area contributed by atoms with Crippen LogP contribution in [-0.4, -0.2) is 24.0 Å². The van der Waals surface area contributed by atoms with E-state index in [1.165, 1.54) is 0 Å². The maximum absolute atomic E-state index is 12.9. The summed E-state index contributed by atoms with van der Waals surface area (Å²) in [7, 11) is 0. The first-order chi connectivity index (χ1) is 10.7. The van der Waals surface area contributed by atoms with Crippen LogP contribution < -0.4 is 5.32 Å². The second-order valence-electron chi connectivity index (χ2n) is 5.68. The van der Waals surface area contributed by atoms with Crippen molar-refractivity contribution in [3.8, 4) is 0 Å². The molecule has 22 heavy (non-hydrogen) atoms. The van der Waals surface area contributed by atoms with Crippen LogP contribution in [0.25, 0.3) is 0 Å². The summed E-state index contributed by atoms with van der Waals surface area (Å²) in [4.78, 5) is 37.0. The molecule has 2 aliphatic rings. The number of carbonyl (C=O) groups is 3. The molecule has 0 aromatic heterocycles. The fraction of sp³-hybridized carbons (Fsp3) is 0.167. The predicted octanol–water partition coefficient (Wildman–Crippen LogP) is 2.07. The van der Waals surface area contributed by atoms with E-state index in [1.54, 1.807) is 36.4 Å². The number of hydrogen-bond donors (Lipinski definition) is 1. The van der Waals surface area contributed by atoms with E-state index in [0.717, 1.165) is 5.56 Å². The van der Waals surface area contributed by atoms with Crippen LogP contribution in [0.4, 0.5) is 0 Å².